The van der Waals surface area contributed by atoms with Crippen LogP contribution in [0.5, 0.6) is 5.75 Å². The number of rotatable bonds is 6. The molecule has 0 saturated heterocycles. The van der Waals surface area contributed by atoms with Crippen LogP contribution in [0, 0.1) is 5.41 Å². The quantitative estimate of drug-likeness (QED) is 0.843. The van der Waals surface area contributed by atoms with Crippen molar-refractivity contribution in [2.24, 2.45) is 5.41 Å². The van der Waals surface area contributed by atoms with Gasteiger partial charge in [-0.2, -0.15) is 11.8 Å². The van der Waals surface area contributed by atoms with Crippen molar-refractivity contribution in [3.8, 4) is 5.75 Å². The maximum Gasteiger partial charge on any atom is 0.303 e. The summed E-state index contributed by atoms with van der Waals surface area (Å²) in [7, 11) is 0. The van der Waals surface area contributed by atoms with Crippen LogP contribution < -0.4 is 4.74 Å². The first-order chi connectivity index (χ1) is 9.56. The first kappa shape index (κ1) is 14.3. The zero-order valence-corrected chi connectivity index (χ0v) is 13.5. The van der Waals surface area contributed by atoms with Crippen molar-refractivity contribution in [3.05, 3.63) is 28.2 Å². The molecule has 0 radical (unpaired) electrons. The van der Waals surface area contributed by atoms with Gasteiger partial charge in [0, 0.05) is 16.6 Å². The maximum absolute atomic E-state index is 10.8. The lowest BCUT2D eigenvalue weighted by molar-refractivity contribution is -0.138. The standard InChI is InChI=1S/C15H17BrO3S/c16-11-1-2-13-10(5-11)6-12(19-13)8-20-9-15(3-4-15)7-14(17)18/h1-2,5,12H,3-4,6-9H2,(H,17,18). The van der Waals surface area contributed by atoms with Gasteiger partial charge in [-0.1, -0.05) is 15.9 Å². The van der Waals surface area contributed by atoms with E-state index in [0.29, 0.717) is 6.42 Å². The molecular formula is C15H17BrO3S. The second-order valence-corrected chi connectivity index (χ2v) is 7.73. The molecule has 1 heterocycles. The van der Waals surface area contributed by atoms with Crippen molar-refractivity contribution < 1.29 is 14.6 Å². The average molecular weight is 357 g/mol. The first-order valence-electron chi connectivity index (χ1n) is 6.81. The molecule has 1 saturated carbocycles. The Labute approximate surface area is 131 Å². The minimum atomic E-state index is -0.669. The molecule has 108 valence electrons. The zero-order valence-electron chi connectivity index (χ0n) is 11.1. The molecule has 1 aromatic carbocycles. The summed E-state index contributed by atoms with van der Waals surface area (Å²) in [5.41, 5.74) is 1.34. The predicted octanol–water partition coefficient (Wildman–Crippen LogP) is 3.74. The monoisotopic (exact) mass is 356 g/mol. The van der Waals surface area contributed by atoms with Gasteiger partial charge in [0.15, 0.2) is 0 Å². The Morgan fingerprint density at radius 2 is 2.30 bits per heavy atom. The summed E-state index contributed by atoms with van der Waals surface area (Å²) in [6.45, 7) is 0. The Morgan fingerprint density at radius 3 is 3.00 bits per heavy atom. The van der Waals surface area contributed by atoms with Crippen LogP contribution in [0.2, 0.25) is 0 Å². The number of carbonyl (C=O) groups is 1. The molecule has 0 bridgehead atoms. The van der Waals surface area contributed by atoms with E-state index >= 15 is 0 Å². The number of carboxylic acids is 1. The normalized spacial score (nSPS) is 22.1. The molecule has 2 aliphatic rings. The number of thioether (sulfide) groups is 1. The van der Waals surface area contributed by atoms with Gasteiger partial charge in [0.05, 0.1) is 6.42 Å². The van der Waals surface area contributed by atoms with E-state index in [9.17, 15) is 4.79 Å². The molecule has 3 nitrogen and oxygen atoms in total. The fraction of sp³-hybridized carbons (Fsp3) is 0.533. The van der Waals surface area contributed by atoms with Crippen LogP contribution in [0.1, 0.15) is 24.8 Å². The maximum atomic E-state index is 10.8. The van der Waals surface area contributed by atoms with Crippen LogP contribution in [-0.4, -0.2) is 28.7 Å². The molecule has 1 unspecified atom stereocenters. The summed E-state index contributed by atoms with van der Waals surface area (Å²) >= 11 is 5.32. The number of aliphatic carboxylic acids is 1. The van der Waals surface area contributed by atoms with Gasteiger partial charge in [-0.05, 0) is 47.8 Å². The highest BCUT2D eigenvalue weighted by Gasteiger charge is 2.44. The zero-order chi connectivity index (χ0) is 14.2. The smallest absolute Gasteiger partial charge is 0.303 e. The number of carboxylic acid groups (broad SMARTS) is 1. The molecule has 1 fully saturated rings. The van der Waals surface area contributed by atoms with E-state index in [2.05, 4.69) is 22.0 Å². The van der Waals surface area contributed by atoms with Gasteiger partial charge in [0.25, 0.3) is 0 Å². The van der Waals surface area contributed by atoms with Crippen molar-refractivity contribution in [2.75, 3.05) is 11.5 Å². The number of hydrogen-bond donors (Lipinski definition) is 1. The topological polar surface area (TPSA) is 46.5 Å². The summed E-state index contributed by atoms with van der Waals surface area (Å²) in [4.78, 5) is 10.8. The third kappa shape index (κ3) is 3.31. The Bertz CT molecular complexity index is 528. The average Bonchev–Trinajstić information content (AvgIpc) is 2.99. The van der Waals surface area contributed by atoms with Gasteiger partial charge < -0.3 is 9.84 Å². The van der Waals surface area contributed by atoms with Crippen molar-refractivity contribution in [3.63, 3.8) is 0 Å². The van der Waals surface area contributed by atoms with Gasteiger partial charge >= 0.3 is 5.97 Å². The van der Waals surface area contributed by atoms with Crippen molar-refractivity contribution in [2.45, 2.75) is 31.8 Å². The highest BCUT2D eigenvalue weighted by atomic mass is 79.9. The van der Waals surface area contributed by atoms with Crippen LogP contribution in [0.25, 0.3) is 0 Å². The number of ether oxygens (including phenoxy) is 1. The lowest BCUT2D eigenvalue weighted by Crippen LogP contribution is -2.18. The molecule has 1 aromatic rings. The molecule has 20 heavy (non-hydrogen) atoms. The second-order valence-electron chi connectivity index (χ2n) is 5.78. The fourth-order valence-corrected chi connectivity index (χ4v) is 4.46. The van der Waals surface area contributed by atoms with Crippen molar-refractivity contribution in [1.82, 2.24) is 0 Å². The third-order valence-electron chi connectivity index (χ3n) is 3.96. The van der Waals surface area contributed by atoms with Crippen LogP contribution in [0.4, 0.5) is 0 Å². The largest absolute Gasteiger partial charge is 0.489 e. The Kier molecular flexibility index (Phi) is 4.00. The predicted molar refractivity (Wildman–Crippen MR) is 83.5 cm³/mol. The van der Waals surface area contributed by atoms with E-state index in [1.165, 1.54) is 5.56 Å². The molecule has 5 heteroatoms. The van der Waals surface area contributed by atoms with Gasteiger partial charge in [-0.25, -0.2) is 0 Å². The third-order valence-corrected chi connectivity index (χ3v) is 5.88. The molecular weight excluding hydrogens is 340 g/mol. The van der Waals surface area contributed by atoms with Gasteiger partial charge in [-0.3, -0.25) is 4.79 Å². The van der Waals surface area contributed by atoms with Crippen LogP contribution in [0.3, 0.4) is 0 Å². The summed E-state index contributed by atoms with van der Waals surface area (Å²) in [6.07, 6.45) is 3.62. The van der Waals surface area contributed by atoms with Crippen molar-refractivity contribution in [1.29, 1.82) is 0 Å². The second kappa shape index (κ2) is 5.60. The van der Waals surface area contributed by atoms with E-state index in [1.54, 1.807) is 0 Å². The molecule has 1 aliphatic heterocycles. The van der Waals surface area contributed by atoms with Gasteiger partial charge in [-0.15, -0.1) is 0 Å². The van der Waals surface area contributed by atoms with Crippen LogP contribution >= 0.6 is 27.7 Å². The molecule has 0 spiro atoms. The van der Waals surface area contributed by atoms with Crippen LogP contribution in [-0.2, 0) is 11.2 Å². The number of fused-ring (bicyclic) bond motifs is 1. The molecule has 0 amide bonds. The minimum absolute atomic E-state index is 0.0744. The molecule has 3 rings (SSSR count). The number of hydrogen-bond acceptors (Lipinski definition) is 3. The summed E-state index contributed by atoms with van der Waals surface area (Å²) in [6, 6.07) is 6.13. The lowest BCUT2D eigenvalue weighted by atomic mass is 10.1. The molecule has 1 N–H and O–H groups in total. The SMILES string of the molecule is O=C(O)CC1(CSCC2Cc3cc(Br)ccc3O2)CC1. The van der Waals surface area contributed by atoms with E-state index in [0.717, 1.165) is 41.0 Å². The Balaban J connectivity index is 1.46. The van der Waals surface area contributed by atoms with E-state index in [1.807, 2.05) is 23.9 Å². The molecule has 1 atom stereocenters. The van der Waals surface area contributed by atoms with Gasteiger partial charge in [0.2, 0.25) is 0 Å². The first-order valence-corrected chi connectivity index (χ1v) is 8.76. The summed E-state index contributed by atoms with van der Waals surface area (Å²) in [5.74, 6) is 2.20. The fourth-order valence-electron chi connectivity index (χ4n) is 2.66. The summed E-state index contributed by atoms with van der Waals surface area (Å²) in [5, 5.41) is 8.91. The van der Waals surface area contributed by atoms with Crippen LogP contribution in [0.15, 0.2) is 22.7 Å². The Hall–Kier alpha value is -0.680. The number of halogens is 1. The lowest BCUT2D eigenvalue weighted by Gasteiger charge is -2.14. The Morgan fingerprint density at radius 1 is 1.50 bits per heavy atom. The molecule has 1 aliphatic carbocycles. The summed E-state index contributed by atoms with van der Waals surface area (Å²) < 4.78 is 7.01. The minimum Gasteiger partial charge on any atom is -0.489 e. The number of benzene rings is 1. The van der Waals surface area contributed by atoms with E-state index in [4.69, 9.17) is 9.84 Å². The van der Waals surface area contributed by atoms with Crippen molar-refractivity contribution >= 4 is 33.7 Å². The van der Waals surface area contributed by atoms with Gasteiger partial charge in [0.1, 0.15) is 11.9 Å². The van der Waals surface area contributed by atoms with E-state index in [-0.39, 0.29) is 11.5 Å². The van der Waals surface area contributed by atoms with E-state index < -0.39 is 5.97 Å². The highest BCUT2D eigenvalue weighted by Crippen LogP contribution is 2.51. The highest BCUT2D eigenvalue weighted by molar-refractivity contribution is 9.10. The molecule has 0 aromatic heterocycles.